The standard InChI is InChI=1S/C21H21N3O2.ClH/c1-2-6-16(7-3-1)25-17-8-4-5-15(13-17)19-23-20(26-24-19)18-14-21(18)9-11-22-12-10-21;/h1-8,13,18,22H,9-12,14H2;1H. The lowest BCUT2D eigenvalue weighted by atomic mass is 9.92. The molecule has 1 atom stereocenters. The summed E-state index contributed by atoms with van der Waals surface area (Å²) in [7, 11) is 0. The maximum atomic E-state index is 5.90. The molecule has 1 aromatic heterocycles. The van der Waals surface area contributed by atoms with Gasteiger partial charge in [0.2, 0.25) is 11.7 Å². The minimum atomic E-state index is 0. The normalized spacial score (nSPS) is 20.1. The molecule has 2 aliphatic rings. The Bertz CT molecular complexity index is 907. The van der Waals surface area contributed by atoms with Gasteiger partial charge in [0.1, 0.15) is 11.5 Å². The molecule has 1 saturated carbocycles. The molecular formula is C21H22ClN3O2. The number of hydrogen-bond acceptors (Lipinski definition) is 5. The molecular weight excluding hydrogens is 362 g/mol. The Morgan fingerprint density at radius 2 is 1.78 bits per heavy atom. The molecule has 140 valence electrons. The van der Waals surface area contributed by atoms with Crippen molar-refractivity contribution in [3.05, 3.63) is 60.5 Å². The van der Waals surface area contributed by atoms with Gasteiger partial charge in [-0.2, -0.15) is 4.98 Å². The molecule has 5 nitrogen and oxygen atoms in total. The fourth-order valence-electron chi connectivity index (χ4n) is 3.99. The van der Waals surface area contributed by atoms with Gasteiger partial charge >= 0.3 is 0 Å². The molecule has 2 aromatic carbocycles. The van der Waals surface area contributed by atoms with Crippen molar-refractivity contribution in [3.8, 4) is 22.9 Å². The average molecular weight is 384 g/mol. The van der Waals surface area contributed by atoms with E-state index < -0.39 is 0 Å². The van der Waals surface area contributed by atoms with Crippen LogP contribution in [-0.4, -0.2) is 23.2 Å². The number of nitrogens with zero attached hydrogens (tertiary/aromatic N) is 2. The van der Waals surface area contributed by atoms with E-state index in [4.69, 9.17) is 9.26 Å². The molecule has 1 unspecified atom stereocenters. The number of halogens is 1. The third kappa shape index (κ3) is 3.57. The first-order valence-corrected chi connectivity index (χ1v) is 9.20. The predicted octanol–water partition coefficient (Wildman–Crippen LogP) is 4.81. The van der Waals surface area contributed by atoms with Crippen LogP contribution < -0.4 is 10.1 Å². The van der Waals surface area contributed by atoms with E-state index in [0.29, 0.717) is 17.2 Å². The number of hydrogen-bond donors (Lipinski definition) is 1. The Morgan fingerprint density at radius 1 is 1.00 bits per heavy atom. The van der Waals surface area contributed by atoms with Crippen LogP contribution in [0.3, 0.4) is 0 Å². The average Bonchev–Trinajstić information content (AvgIpc) is 3.15. The second-order valence-electron chi connectivity index (χ2n) is 7.27. The van der Waals surface area contributed by atoms with Crippen LogP contribution in [0.4, 0.5) is 0 Å². The summed E-state index contributed by atoms with van der Waals surface area (Å²) in [6.45, 7) is 2.19. The van der Waals surface area contributed by atoms with Crippen molar-refractivity contribution in [1.29, 1.82) is 0 Å². The molecule has 27 heavy (non-hydrogen) atoms. The summed E-state index contributed by atoms with van der Waals surface area (Å²) in [4.78, 5) is 4.69. The molecule has 0 radical (unpaired) electrons. The maximum absolute atomic E-state index is 5.90. The van der Waals surface area contributed by atoms with E-state index in [1.165, 1.54) is 19.3 Å². The highest BCUT2D eigenvalue weighted by atomic mass is 35.5. The van der Waals surface area contributed by atoms with E-state index in [1.807, 2.05) is 54.6 Å². The topological polar surface area (TPSA) is 60.2 Å². The van der Waals surface area contributed by atoms with Crippen molar-refractivity contribution in [3.63, 3.8) is 0 Å². The van der Waals surface area contributed by atoms with Crippen LogP contribution in [0, 0.1) is 5.41 Å². The first kappa shape index (κ1) is 18.0. The number of piperidine rings is 1. The van der Waals surface area contributed by atoms with E-state index in [2.05, 4.69) is 15.5 Å². The second kappa shape index (κ2) is 7.33. The van der Waals surface area contributed by atoms with Gasteiger partial charge in [-0.3, -0.25) is 0 Å². The highest BCUT2D eigenvalue weighted by Crippen LogP contribution is 2.63. The zero-order valence-electron chi connectivity index (χ0n) is 14.9. The summed E-state index contributed by atoms with van der Waals surface area (Å²) in [5.74, 6) is 3.42. The van der Waals surface area contributed by atoms with Crippen LogP contribution >= 0.6 is 12.4 Å². The summed E-state index contributed by atoms with van der Waals surface area (Å²) in [6, 6.07) is 17.6. The van der Waals surface area contributed by atoms with Crippen LogP contribution in [0.1, 0.15) is 31.1 Å². The molecule has 5 rings (SSSR count). The lowest BCUT2D eigenvalue weighted by molar-refractivity contribution is 0.311. The van der Waals surface area contributed by atoms with Gasteiger partial charge in [0, 0.05) is 11.5 Å². The molecule has 1 spiro atoms. The van der Waals surface area contributed by atoms with E-state index in [0.717, 1.165) is 36.0 Å². The number of nitrogens with one attached hydrogen (secondary N) is 1. The highest BCUT2D eigenvalue weighted by molar-refractivity contribution is 5.85. The molecule has 1 aliphatic carbocycles. The number of aromatic nitrogens is 2. The Kier molecular flexibility index (Phi) is 4.89. The zero-order valence-corrected chi connectivity index (χ0v) is 15.7. The number of rotatable bonds is 4. The van der Waals surface area contributed by atoms with Crippen LogP contribution in [0.2, 0.25) is 0 Å². The number of benzene rings is 2. The van der Waals surface area contributed by atoms with Crippen molar-refractivity contribution >= 4 is 12.4 Å². The summed E-state index contributed by atoms with van der Waals surface area (Å²) >= 11 is 0. The second-order valence-corrected chi connectivity index (χ2v) is 7.27. The Morgan fingerprint density at radius 3 is 2.59 bits per heavy atom. The van der Waals surface area contributed by atoms with Crippen molar-refractivity contribution in [2.75, 3.05) is 13.1 Å². The molecule has 1 N–H and O–H groups in total. The van der Waals surface area contributed by atoms with Crippen LogP contribution in [0.15, 0.2) is 59.1 Å². The number of ether oxygens (including phenoxy) is 1. The summed E-state index contributed by atoms with van der Waals surface area (Å²) in [6.07, 6.45) is 3.58. The minimum absolute atomic E-state index is 0. The van der Waals surface area contributed by atoms with Crippen molar-refractivity contribution in [2.45, 2.75) is 25.2 Å². The van der Waals surface area contributed by atoms with Crippen molar-refractivity contribution in [2.24, 2.45) is 5.41 Å². The van der Waals surface area contributed by atoms with Gasteiger partial charge in [0.05, 0.1) is 0 Å². The molecule has 2 fully saturated rings. The fraction of sp³-hybridized carbons (Fsp3) is 0.333. The molecule has 0 bridgehead atoms. The van der Waals surface area contributed by atoms with Gasteiger partial charge in [0.25, 0.3) is 0 Å². The smallest absolute Gasteiger partial charge is 0.230 e. The van der Waals surface area contributed by atoms with Gasteiger partial charge in [-0.05, 0) is 62.0 Å². The van der Waals surface area contributed by atoms with Crippen molar-refractivity contribution < 1.29 is 9.26 Å². The molecule has 3 aromatic rings. The van der Waals surface area contributed by atoms with E-state index in [9.17, 15) is 0 Å². The summed E-state index contributed by atoms with van der Waals surface area (Å²) in [5, 5.41) is 7.65. The fourth-order valence-corrected chi connectivity index (χ4v) is 3.99. The van der Waals surface area contributed by atoms with Crippen LogP contribution in [-0.2, 0) is 0 Å². The predicted molar refractivity (Wildman–Crippen MR) is 105 cm³/mol. The lowest BCUT2D eigenvalue weighted by Gasteiger charge is -2.22. The first-order chi connectivity index (χ1) is 12.8. The monoisotopic (exact) mass is 383 g/mol. The zero-order chi connectivity index (χ0) is 17.4. The molecule has 0 amide bonds. The first-order valence-electron chi connectivity index (χ1n) is 9.20. The van der Waals surface area contributed by atoms with Gasteiger partial charge in [-0.1, -0.05) is 35.5 Å². The van der Waals surface area contributed by atoms with E-state index in [1.54, 1.807) is 0 Å². The van der Waals surface area contributed by atoms with Crippen LogP contribution in [0.25, 0.3) is 11.4 Å². The Hall–Kier alpha value is -2.37. The SMILES string of the molecule is Cl.c1ccc(Oc2cccc(-c3noc(C4CC45CCNCC5)n3)c2)cc1. The molecule has 1 saturated heterocycles. The Labute approximate surface area is 164 Å². The minimum Gasteiger partial charge on any atom is -0.457 e. The van der Waals surface area contributed by atoms with E-state index in [-0.39, 0.29) is 12.4 Å². The third-order valence-electron chi connectivity index (χ3n) is 5.60. The number of para-hydroxylation sites is 1. The summed E-state index contributed by atoms with van der Waals surface area (Å²) in [5.41, 5.74) is 1.31. The lowest BCUT2D eigenvalue weighted by Crippen LogP contribution is -2.29. The maximum Gasteiger partial charge on any atom is 0.230 e. The van der Waals surface area contributed by atoms with Gasteiger partial charge in [-0.15, -0.1) is 12.4 Å². The molecule has 2 heterocycles. The van der Waals surface area contributed by atoms with E-state index >= 15 is 0 Å². The molecule has 6 heteroatoms. The summed E-state index contributed by atoms with van der Waals surface area (Å²) < 4.78 is 11.5. The van der Waals surface area contributed by atoms with Crippen molar-refractivity contribution in [1.82, 2.24) is 15.5 Å². The van der Waals surface area contributed by atoms with Crippen LogP contribution in [0.5, 0.6) is 11.5 Å². The Balaban J connectivity index is 0.00000180. The quantitative estimate of drug-likeness (QED) is 0.700. The van der Waals surface area contributed by atoms with Gasteiger partial charge < -0.3 is 14.6 Å². The van der Waals surface area contributed by atoms with Gasteiger partial charge in [-0.25, -0.2) is 0 Å². The molecule has 1 aliphatic heterocycles. The highest BCUT2D eigenvalue weighted by Gasteiger charge is 2.57. The largest absolute Gasteiger partial charge is 0.457 e. The third-order valence-corrected chi connectivity index (χ3v) is 5.60. The van der Waals surface area contributed by atoms with Gasteiger partial charge in [0.15, 0.2) is 0 Å².